The standard InChI is InChI=1S/C13H19NO2S2/c1-14-13(10-3-4-10)9-17-11-5-7-12(8-6-11)18(2,15)16/h5-8,10,13-14H,3-4,9H2,1-2H3. The summed E-state index contributed by atoms with van der Waals surface area (Å²) in [4.78, 5) is 1.52. The minimum Gasteiger partial charge on any atom is -0.316 e. The van der Waals surface area contributed by atoms with Crippen molar-refractivity contribution in [2.75, 3.05) is 19.1 Å². The SMILES string of the molecule is CNC(CSc1ccc(S(C)(=O)=O)cc1)C1CC1. The lowest BCUT2D eigenvalue weighted by molar-refractivity contribution is 0.554. The van der Waals surface area contributed by atoms with E-state index in [-0.39, 0.29) is 0 Å². The Balaban J connectivity index is 1.94. The normalized spacial score (nSPS) is 17.7. The molecule has 1 fully saturated rings. The largest absolute Gasteiger partial charge is 0.316 e. The zero-order valence-corrected chi connectivity index (χ0v) is 12.4. The van der Waals surface area contributed by atoms with Crippen molar-refractivity contribution in [1.82, 2.24) is 5.32 Å². The van der Waals surface area contributed by atoms with Crippen LogP contribution in [-0.2, 0) is 9.84 Å². The van der Waals surface area contributed by atoms with E-state index in [0.29, 0.717) is 10.9 Å². The van der Waals surface area contributed by atoms with Crippen molar-refractivity contribution in [3.05, 3.63) is 24.3 Å². The third-order valence-electron chi connectivity index (χ3n) is 3.24. The van der Waals surface area contributed by atoms with Crippen LogP contribution in [0.3, 0.4) is 0 Å². The van der Waals surface area contributed by atoms with Crippen LogP contribution in [0.25, 0.3) is 0 Å². The number of benzene rings is 1. The van der Waals surface area contributed by atoms with Crippen molar-refractivity contribution in [2.45, 2.75) is 28.7 Å². The van der Waals surface area contributed by atoms with Gasteiger partial charge in [-0.05, 0) is 50.1 Å². The predicted octanol–water partition coefficient (Wildman–Crippen LogP) is 2.18. The van der Waals surface area contributed by atoms with E-state index >= 15 is 0 Å². The molecule has 1 aromatic carbocycles. The fourth-order valence-electron chi connectivity index (χ4n) is 1.92. The summed E-state index contributed by atoms with van der Waals surface area (Å²) in [6.45, 7) is 0. The first-order valence-electron chi connectivity index (χ1n) is 6.11. The monoisotopic (exact) mass is 285 g/mol. The molecule has 1 aliphatic rings. The molecule has 0 bridgehead atoms. The van der Waals surface area contributed by atoms with Gasteiger partial charge in [-0.1, -0.05) is 0 Å². The molecule has 5 heteroatoms. The van der Waals surface area contributed by atoms with E-state index in [2.05, 4.69) is 5.32 Å². The second-order valence-corrected chi connectivity index (χ2v) is 7.90. The number of hydrogen-bond donors (Lipinski definition) is 1. The Morgan fingerprint density at radius 2 is 1.94 bits per heavy atom. The average molecular weight is 285 g/mol. The molecule has 1 aromatic rings. The van der Waals surface area contributed by atoms with E-state index in [1.165, 1.54) is 19.1 Å². The maximum Gasteiger partial charge on any atom is 0.175 e. The van der Waals surface area contributed by atoms with Crippen molar-refractivity contribution >= 4 is 21.6 Å². The van der Waals surface area contributed by atoms with Crippen molar-refractivity contribution in [1.29, 1.82) is 0 Å². The van der Waals surface area contributed by atoms with Gasteiger partial charge < -0.3 is 5.32 Å². The average Bonchev–Trinajstić information content (AvgIpc) is 3.14. The van der Waals surface area contributed by atoms with E-state index in [4.69, 9.17) is 0 Å². The molecule has 0 amide bonds. The molecule has 0 aromatic heterocycles. The van der Waals surface area contributed by atoms with Crippen LogP contribution in [0.15, 0.2) is 34.1 Å². The highest BCUT2D eigenvalue weighted by Gasteiger charge is 2.29. The molecular weight excluding hydrogens is 266 g/mol. The van der Waals surface area contributed by atoms with Gasteiger partial charge in [-0.25, -0.2) is 8.42 Å². The highest BCUT2D eigenvalue weighted by atomic mass is 32.2. The summed E-state index contributed by atoms with van der Waals surface area (Å²) in [5.41, 5.74) is 0. The highest BCUT2D eigenvalue weighted by Crippen LogP contribution is 2.35. The van der Waals surface area contributed by atoms with Crippen LogP contribution in [0.2, 0.25) is 0 Å². The van der Waals surface area contributed by atoms with Gasteiger partial charge >= 0.3 is 0 Å². The van der Waals surface area contributed by atoms with E-state index in [0.717, 1.165) is 16.6 Å². The molecule has 1 unspecified atom stereocenters. The number of thioether (sulfide) groups is 1. The van der Waals surface area contributed by atoms with Crippen LogP contribution in [0.1, 0.15) is 12.8 Å². The lowest BCUT2D eigenvalue weighted by atomic mass is 10.2. The fraction of sp³-hybridized carbons (Fsp3) is 0.538. The first-order chi connectivity index (χ1) is 8.50. The third-order valence-corrected chi connectivity index (χ3v) is 5.50. The Morgan fingerprint density at radius 1 is 1.33 bits per heavy atom. The van der Waals surface area contributed by atoms with Gasteiger partial charge in [0.15, 0.2) is 9.84 Å². The zero-order valence-electron chi connectivity index (χ0n) is 10.7. The van der Waals surface area contributed by atoms with Gasteiger partial charge in [-0.15, -0.1) is 11.8 Å². The molecule has 0 radical (unpaired) electrons. The molecule has 2 rings (SSSR count). The van der Waals surface area contributed by atoms with Crippen LogP contribution >= 0.6 is 11.8 Å². The number of rotatable bonds is 6. The molecule has 3 nitrogen and oxygen atoms in total. The number of hydrogen-bond acceptors (Lipinski definition) is 4. The van der Waals surface area contributed by atoms with Gasteiger partial charge in [0.05, 0.1) is 4.90 Å². The predicted molar refractivity (Wildman–Crippen MR) is 75.8 cm³/mol. The summed E-state index contributed by atoms with van der Waals surface area (Å²) in [6.07, 6.45) is 3.90. The summed E-state index contributed by atoms with van der Waals surface area (Å²) < 4.78 is 22.7. The van der Waals surface area contributed by atoms with Crippen LogP contribution in [-0.4, -0.2) is 33.5 Å². The molecule has 1 saturated carbocycles. The first kappa shape index (κ1) is 13.9. The Bertz CT molecular complexity index is 492. The van der Waals surface area contributed by atoms with Gasteiger partial charge in [0.25, 0.3) is 0 Å². The molecule has 18 heavy (non-hydrogen) atoms. The van der Waals surface area contributed by atoms with Gasteiger partial charge in [0, 0.05) is 22.9 Å². The van der Waals surface area contributed by atoms with Crippen molar-refractivity contribution in [3.63, 3.8) is 0 Å². The van der Waals surface area contributed by atoms with Crippen LogP contribution in [0, 0.1) is 5.92 Å². The zero-order chi connectivity index (χ0) is 13.2. The summed E-state index contributed by atoms with van der Waals surface area (Å²) in [5, 5.41) is 3.35. The van der Waals surface area contributed by atoms with Gasteiger partial charge in [-0.3, -0.25) is 0 Å². The highest BCUT2D eigenvalue weighted by molar-refractivity contribution is 7.99. The molecule has 0 saturated heterocycles. The Morgan fingerprint density at radius 3 is 2.39 bits per heavy atom. The maximum absolute atomic E-state index is 11.3. The summed E-state index contributed by atoms with van der Waals surface area (Å²) in [7, 11) is -1.07. The summed E-state index contributed by atoms with van der Waals surface area (Å²) >= 11 is 1.78. The van der Waals surface area contributed by atoms with Crippen LogP contribution < -0.4 is 5.32 Å². The van der Waals surface area contributed by atoms with E-state index in [9.17, 15) is 8.42 Å². The molecule has 0 aliphatic heterocycles. The second-order valence-electron chi connectivity index (χ2n) is 4.79. The van der Waals surface area contributed by atoms with Crippen LogP contribution in [0.5, 0.6) is 0 Å². The molecule has 1 N–H and O–H groups in total. The molecule has 0 heterocycles. The van der Waals surface area contributed by atoms with Gasteiger partial charge in [-0.2, -0.15) is 0 Å². The second kappa shape index (κ2) is 5.63. The fourth-order valence-corrected chi connectivity index (χ4v) is 3.69. The third kappa shape index (κ3) is 3.73. The molecule has 0 spiro atoms. The lowest BCUT2D eigenvalue weighted by Gasteiger charge is -2.14. The lowest BCUT2D eigenvalue weighted by Crippen LogP contribution is -2.29. The quantitative estimate of drug-likeness (QED) is 0.814. The van der Waals surface area contributed by atoms with E-state index in [1.807, 2.05) is 19.2 Å². The number of sulfone groups is 1. The first-order valence-corrected chi connectivity index (χ1v) is 8.98. The summed E-state index contributed by atoms with van der Waals surface area (Å²) in [6, 6.07) is 7.72. The van der Waals surface area contributed by atoms with Crippen molar-refractivity contribution in [2.24, 2.45) is 5.92 Å². The molecule has 100 valence electrons. The minimum atomic E-state index is -3.08. The smallest absolute Gasteiger partial charge is 0.175 e. The van der Waals surface area contributed by atoms with Crippen molar-refractivity contribution < 1.29 is 8.42 Å². The van der Waals surface area contributed by atoms with E-state index < -0.39 is 9.84 Å². The van der Waals surface area contributed by atoms with Crippen LogP contribution in [0.4, 0.5) is 0 Å². The molecular formula is C13H19NO2S2. The topological polar surface area (TPSA) is 46.2 Å². The Hall–Kier alpha value is -0.520. The Labute approximate surface area is 113 Å². The summed E-state index contributed by atoms with van der Waals surface area (Å²) in [5.74, 6) is 1.87. The van der Waals surface area contributed by atoms with Gasteiger partial charge in [0.2, 0.25) is 0 Å². The van der Waals surface area contributed by atoms with Crippen molar-refractivity contribution in [3.8, 4) is 0 Å². The number of nitrogens with one attached hydrogen (secondary N) is 1. The maximum atomic E-state index is 11.3. The minimum absolute atomic E-state index is 0.388. The molecule has 1 atom stereocenters. The van der Waals surface area contributed by atoms with E-state index in [1.54, 1.807) is 23.9 Å². The van der Waals surface area contributed by atoms with Gasteiger partial charge in [0.1, 0.15) is 0 Å². The Kier molecular flexibility index (Phi) is 4.35. The molecule has 1 aliphatic carbocycles.